The third-order valence-electron chi connectivity index (χ3n) is 4.51. The van der Waals surface area contributed by atoms with Gasteiger partial charge in [-0.1, -0.05) is 18.2 Å². The van der Waals surface area contributed by atoms with Gasteiger partial charge in [0, 0.05) is 5.39 Å². The van der Waals surface area contributed by atoms with Crippen LogP contribution in [0.2, 0.25) is 0 Å². The number of pyridine rings is 1. The lowest BCUT2D eigenvalue weighted by Crippen LogP contribution is -2.18. The number of fused-ring (bicyclic) bond motifs is 2. The molecule has 0 atom stereocenters. The summed E-state index contributed by atoms with van der Waals surface area (Å²) in [5.41, 5.74) is 5.11. The second kappa shape index (κ2) is 7.12. The van der Waals surface area contributed by atoms with Crippen LogP contribution in [0, 0.1) is 0 Å². The second-order valence-corrected chi connectivity index (χ2v) is 6.36. The van der Waals surface area contributed by atoms with Gasteiger partial charge in [-0.25, -0.2) is 10.4 Å². The van der Waals surface area contributed by atoms with Crippen LogP contribution in [0.25, 0.3) is 22.4 Å². The number of rotatable bonds is 4. The van der Waals surface area contributed by atoms with Crippen LogP contribution < -0.4 is 14.9 Å². The van der Waals surface area contributed by atoms with E-state index in [9.17, 15) is 4.79 Å². The van der Waals surface area contributed by atoms with Crippen molar-refractivity contribution in [2.24, 2.45) is 5.10 Å². The number of para-hydroxylation sites is 1. The number of hydrogen-bond acceptors (Lipinski definition) is 6. The average Bonchev–Trinajstić information content (AvgIpc) is 3.44. The van der Waals surface area contributed by atoms with Gasteiger partial charge < -0.3 is 13.9 Å². The molecule has 1 aliphatic rings. The molecule has 2 aromatic carbocycles. The third-order valence-corrected chi connectivity index (χ3v) is 4.51. The fourth-order valence-electron chi connectivity index (χ4n) is 3.13. The molecular formula is C22H15N3O4. The number of ether oxygens (including phenoxy) is 2. The van der Waals surface area contributed by atoms with Crippen molar-refractivity contribution in [3.05, 3.63) is 78.1 Å². The van der Waals surface area contributed by atoms with Gasteiger partial charge in [0.05, 0.1) is 23.6 Å². The highest BCUT2D eigenvalue weighted by Gasteiger charge is 2.15. The monoisotopic (exact) mass is 385 g/mol. The van der Waals surface area contributed by atoms with E-state index in [1.165, 1.54) is 0 Å². The first-order valence-corrected chi connectivity index (χ1v) is 8.95. The highest BCUT2D eigenvalue weighted by Crippen LogP contribution is 2.32. The summed E-state index contributed by atoms with van der Waals surface area (Å²) in [6, 6.07) is 18.2. The van der Waals surface area contributed by atoms with Crippen molar-refractivity contribution in [1.82, 2.24) is 10.4 Å². The molecule has 29 heavy (non-hydrogen) atoms. The largest absolute Gasteiger partial charge is 0.463 e. The highest BCUT2D eigenvalue weighted by molar-refractivity contribution is 6.07. The number of aromatic nitrogens is 1. The molecule has 0 radical (unpaired) electrons. The number of nitrogens with one attached hydrogen (secondary N) is 1. The van der Waals surface area contributed by atoms with Crippen molar-refractivity contribution in [3.8, 4) is 23.0 Å². The Morgan fingerprint density at radius 3 is 2.83 bits per heavy atom. The second-order valence-electron chi connectivity index (χ2n) is 6.36. The zero-order chi connectivity index (χ0) is 19.6. The normalized spacial score (nSPS) is 12.6. The topological polar surface area (TPSA) is 86.0 Å². The minimum Gasteiger partial charge on any atom is -0.463 e. The summed E-state index contributed by atoms with van der Waals surface area (Å²) in [6.07, 6.45) is 3.12. The Hall–Kier alpha value is -4.13. The van der Waals surface area contributed by atoms with E-state index in [-0.39, 0.29) is 12.7 Å². The number of hydrogen-bond donors (Lipinski definition) is 1. The molecule has 3 heterocycles. The van der Waals surface area contributed by atoms with Gasteiger partial charge in [0.25, 0.3) is 5.91 Å². The van der Waals surface area contributed by atoms with Gasteiger partial charge in [0.2, 0.25) is 6.79 Å². The maximum Gasteiger partial charge on any atom is 0.272 e. The van der Waals surface area contributed by atoms with Crippen LogP contribution in [0.4, 0.5) is 0 Å². The van der Waals surface area contributed by atoms with Gasteiger partial charge in [-0.15, -0.1) is 0 Å². The molecule has 0 saturated carbocycles. The van der Waals surface area contributed by atoms with E-state index >= 15 is 0 Å². The molecule has 2 aromatic heterocycles. The Kier molecular flexibility index (Phi) is 4.18. The van der Waals surface area contributed by atoms with Gasteiger partial charge in [0.15, 0.2) is 17.3 Å². The average molecular weight is 385 g/mol. The summed E-state index contributed by atoms with van der Waals surface area (Å²) < 4.78 is 16.1. The zero-order valence-corrected chi connectivity index (χ0v) is 15.2. The maximum absolute atomic E-state index is 12.8. The Balaban J connectivity index is 1.43. The van der Waals surface area contributed by atoms with Crippen LogP contribution in [-0.4, -0.2) is 23.9 Å². The molecule has 5 rings (SSSR count). The lowest BCUT2D eigenvalue weighted by Gasteiger charge is -2.07. The van der Waals surface area contributed by atoms with Crippen molar-refractivity contribution in [2.45, 2.75) is 0 Å². The van der Waals surface area contributed by atoms with E-state index in [1.807, 2.05) is 30.3 Å². The molecule has 1 N–H and O–H groups in total. The van der Waals surface area contributed by atoms with Gasteiger partial charge in [-0.2, -0.15) is 5.10 Å². The Labute approximate surface area is 165 Å². The number of nitrogens with zero attached hydrogens (tertiary/aromatic N) is 2. The van der Waals surface area contributed by atoms with Crippen LogP contribution in [0.5, 0.6) is 11.5 Å². The number of carbonyl (C=O) groups is 1. The summed E-state index contributed by atoms with van der Waals surface area (Å²) in [6.45, 7) is 0.208. The number of hydrazone groups is 1. The maximum atomic E-state index is 12.8. The van der Waals surface area contributed by atoms with Gasteiger partial charge in [0.1, 0.15) is 5.69 Å². The van der Waals surface area contributed by atoms with Gasteiger partial charge >= 0.3 is 0 Å². The summed E-state index contributed by atoms with van der Waals surface area (Å²) in [5, 5.41) is 4.81. The SMILES string of the molecule is O=C(N/N=C\c1ccc2c(c1)OCO2)c1cc(-c2ccco2)nc2ccccc12. The zero-order valence-electron chi connectivity index (χ0n) is 15.2. The summed E-state index contributed by atoms with van der Waals surface area (Å²) in [5.74, 6) is 1.60. The quantitative estimate of drug-likeness (QED) is 0.424. The molecular weight excluding hydrogens is 370 g/mol. The Morgan fingerprint density at radius 2 is 1.93 bits per heavy atom. The molecule has 142 valence electrons. The van der Waals surface area contributed by atoms with Crippen molar-refractivity contribution < 1.29 is 18.7 Å². The van der Waals surface area contributed by atoms with Gasteiger partial charge in [-0.3, -0.25) is 4.79 Å². The minimum atomic E-state index is -0.339. The first-order chi connectivity index (χ1) is 14.3. The minimum absolute atomic E-state index is 0.208. The van der Waals surface area contributed by atoms with E-state index in [1.54, 1.807) is 42.8 Å². The first kappa shape index (κ1) is 17.0. The van der Waals surface area contributed by atoms with E-state index in [4.69, 9.17) is 13.9 Å². The van der Waals surface area contributed by atoms with Crippen LogP contribution in [-0.2, 0) is 0 Å². The standard InChI is InChI=1S/C22H15N3O4/c26-22(25-23-12-14-7-8-20-21(10-14)29-13-28-20)16-11-18(19-6-3-9-27-19)24-17-5-2-1-4-15(16)17/h1-12H,13H2,(H,25,26)/b23-12-. The number of benzene rings is 2. The van der Waals surface area contributed by atoms with Crippen LogP contribution in [0.1, 0.15) is 15.9 Å². The fraction of sp³-hybridized carbons (Fsp3) is 0.0455. The summed E-state index contributed by atoms with van der Waals surface area (Å²) in [4.78, 5) is 17.4. The van der Waals surface area contributed by atoms with Crippen molar-refractivity contribution in [2.75, 3.05) is 6.79 Å². The van der Waals surface area contributed by atoms with Crippen molar-refractivity contribution in [3.63, 3.8) is 0 Å². The number of amides is 1. The summed E-state index contributed by atoms with van der Waals surface area (Å²) >= 11 is 0. The molecule has 0 fully saturated rings. The van der Waals surface area contributed by atoms with Crippen LogP contribution >= 0.6 is 0 Å². The lowest BCUT2D eigenvalue weighted by atomic mass is 10.1. The summed E-state index contributed by atoms with van der Waals surface area (Å²) in [7, 11) is 0. The molecule has 7 nitrogen and oxygen atoms in total. The van der Waals surface area contributed by atoms with E-state index in [0.29, 0.717) is 34.0 Å². The first-order valence-electron chi connectivity index (χ1n) is 8.95. The van der Waals surface area contributed by atoms with Crippen LogP contribution in [0.3, 0.4) is 0 Å². The molecule has 1 aliphatic heterocycles. The van der Waals surface area contributed by atoms with E-state index < -0.39 is 0 Å². The molecule has 0 saturated heterocycles. The molecule has 4 aromatic rings. The fourth-order valence-corrected chi connectivity index (χ4v) is 3.13. The smallest absolute Gasteiger partial charge is 0.272 e. The number of furan rings is 1. The van der Waals surface area contributed by atoms with Gasteiger partial charge in [-0.05, 0) is 48.0 Å². The molecule has 7 heteroatoms. The predicted octanol–water partition coefficient (Wildman–Crippen LogP) is 3.99. The molecule has 0 spiro atoms. The Morgan fingerprint density at radius 1 is 1.03 bits per heavy atom. The van der Waals surface area contributed by atoms with Crippen LogP contribution in [0.15, 0.2) is 76.4 Å². The van der Waals surface area contributed by atoms with E-state index in [0.717, 1.165) is 10.9 Å². The molecule has 0 aliphatic carbocycles. The third kappa shape index (κ3) is 3.29. The molecule has 0 bridgehead atoms. The predicted molar refractivity (Wildman–Crippen MR) is 107 cm³/mol. The molecule has 1 amide bonds. The Bertz CT molecular complexity index is 1230. The lowest BCUT2D eigenvalue weighted by molar-refractivity contribution is 0.0956. The number of carbonyl (C=O) groups excluding carboxylic acids is 1. The van der Waals surface area contributed by atoms with Crippen molar-refractivity contribution in [1.29, 1.82) is 0 Å². The van der Waals surface area contributed by atoms with E-state index in [2.05, 4.69) is 15.5 Å². The van der Waals surface area contributed by atoms with Crippen molar-refractivity contribution >= 4 is 23.0 Å². The molecule has 0 unspecified atom stereocenters. The highest BCUT2D eigenvalue weighted by atomic mass is 16.7.